The topological polar surface area (TPSA) is 33.1 Å². The molecule has 0 amide bonds. The van der Waals surface area contributed by atoms with Crippen LogP contribution in [0, 0.1) is 12.8 Å². The lowest BCUT2D eigenvalue weighted by Gasteiger charge is -2.24. The van der Waals surface area contributed by atoms with E-state index in [-0.39, 0.29) is 0 Å². The van der Waals surface area contributed by atoms with Gasteiger partial charge in [-0.25, -0.2) is 4.98 Å². The summed E-state index contributed by atoms with van der Waals surface area (Å²) >= 11 is 0. The lowest BCUT2D eigenvalue weighted by atomic mass is 9.94. The van der Waals surface area contributed by atoms with E-state index in [1.165, 1.54) is 63.3 Å². The smallest absolute Gasteiger partial charge is 0.206 e. The van der Waals surface area contributed by atoms with Crippen LogP contribution in [0.1, 0.15) is 50.3 Å². The summed E-state index contributed by atoms with van der Waals surface area (Å²) in [5, 5.41) is 3.70. The average Bonchev–Trinajstić information content (AvgIpc) is 3.16. The standard InChI is InChI=1S/C16H26N4/c1-12-9-20(14-6-2-3-7-14)16(18-12)19-10-13-5-4-8-17-15(13)11-19/h9,13-15,17H,2-8,10-11H2,1H3/t13-,15+/m0/s1. The average molecular weight is 274 g/mol. The van der Waals surface area contributed by atoms with Gasteiger partial charge < -0.3 is 14.8 Å². The second kappa shape index (κ2) is 5.06. The van der Waals surface area contributed by atoms with E-state index in [2.05, 4.69) is 27.9 Å². The van der Waals surface area contributed by atoms with E-state index in [0.717, 1.165) is 12.5 Å². The summed E-state index contributed by atoms with van der Waals surface area (Å²) in [4.78, 5) is 7.40. The fourth-order valence-electron chi connectivity index (χ4n) is 4.40. The number of hydrogen-bond donors (Lipinski definition) is 1. The van der Waals surface area contributed by atoms with Gasteiger partial charge in [0.1, 0.15) is 0 Å². The summed E-state index contributed by atoms with van der Waals surface area (Å²) in [6.45, 7) is 5.68. The molecule has 0 spiro atoms. The molecule has 3 aliphatic rings. The minimum atomic E-state index is 0.692. The van der Waals surface area contributed by atoms with Crippen LogP contribution >= 0.6 is 0 Å². The van der Waals surface area contributed by atoms with Crippen LogP contribution in [0.2, 0.25) is 0 Å². The number of nitrogens with zero attached hydrogens (tertiary/aromatic N) is 3. The molecule has 0 bridgehead atoms. The predicted octanol–water partition coefficient (Wildman–Crippen LogP) is 2.49. The Morgan fingerprint density at radius 3 is 2.80 bits per heavy atom. The number of aryl methyl sites for hydroxylation is 1. The molecule has 0 aromatic carbocycles. The zero-order valence-electron chi connectivity index (χ0n) is 12.5. The van der Waals surface area contributed by atoms with Crippen molar-refractivity contribution in [2.24, 2.45) is 5.92 Å². The van der Waals surface area contributed by atoms with Gasteiger partial charge in [-0.05, 0) is 45.1 Å². The van der Waals surface area contributed by atoms with Crippen LogP contribution in [0.15, 0.2) is 6.20 Å². The summed E-state index contributed by atoms with van der Waals surface area (Å²) in [6.07, 6.45) is 10.4. The normalized spacial score (nSPS) is 30.9. The molecule has 110 valence electrons. The summed E-state index contributed by atoms with van der Waals surface area (Å²) in [7, 11) is 0. The van der Waals surface area contributed by atoms with Crippen molar-refractivity contribution in [3.8, 4) is 0 Å². The summed E-state index contributed by atoms with van der Waals surface area (Å²) in [6, 6.07) is 1.39. The summed E-state index contributed by atoms with van der Waals surface area (Å²) in [5.74, 6) is 2.07. The van der Waals surface area contributed by atoms with Gasteiger partial charge in [-0.2, -0.15) is 0 Å². The summed E-state index contributed by atoms with van der Waals surface area (Å²) in [5.41, 5.74) is 1.18. The van der Waals surface area contributed by atoms with Crippen LogP contribution in [0.25, 0.3) is 0 Å². The molecule has 1 aromatic heterocycles. The molecule has 2 saturated heterocycles. The van der Waals surface area contributed by atoms with Crippen LogP contribution in [-0.4, -0.2) is 35.2 Å². The van der Waals surface area contributed by atoms with Crippen molar-refractivity contribution in [1.29, 1.82) is 0 Å². The maximum absolute atomic E-state index is 4.86. The maximum atomic E-state index is 4.86. The van der Waals surface area contributed by atoms with E-state index in [1.807, 2.05) is 0 Å². The quantitative estimate of drug-likeness (QED) is 0.899. The number of hydrogen-bond acceptors (Lipinski definition) is 3. The Bertz CT molecular complexity index is 461. The first-order valence-electron chi connectivity index (χ1n) is 8.35. The molecular formula is C16H26N4. The van der Waals surface area contributed by atoms with E-state index < -0.39 is 0 Å². The van der Waals surface area contributed by atoms with Crippen molar-refractivity contribution in [3.63, 3.8) is 0 Å². The molecule has 0 unspecified atom stereocenters. The Balaban J connectivity index is 1.58. The first kappa shape index (κ1) is 12.7. The second-order valence-electron chi connectivity index (χ2n) is 6.90. The maximum Gasteiger partial charge on any atom is 0.206 e. The predicted molar refractivity (Wildman–Crippen MR) is 81.2 cm³/mol. The highest BCUT2D eigenvalue weighted by Gasteiger charge is 2.36. The van der Waals surface area contributed by atoms with Crippen LogP contribution in [0.3, 0.4) is 0 Å². The van der Waals surface area contributed by atoms with Crippen LogP contribution in [0.5, 0.6) is 0 Å². The molecular weight excluding hydrogens is 248 g/mol. The Kier molecular flexibility index (Phi) is 3.21. The van der Waals surface area contributed by atoms with Crippen LogP contribution in [0.4, 0.5) is 5.95 Å². The van der Waals surface area contributed by atoms with E-state index in [0.29, 0.717) is 12.1 Å². The molecule has 2 atom stereocenters. The highest BCUT2D eigenvalue weighted by molar-refractivity contribution is 5.37. The number of rotatable bonds is 2. The number of fused-ring (bicyclic) bond motifs is 1. The second-order valence-corrected chi connectivity index (χ2v) is 6.90. The van der Waals surface area contributed by atoms with Crippen LogP contribution in [-0.2, 0) is 0 Å². The third-order valence-corrected chi connectivity index (χ3v) is 5.43. The van der Waals surface area contributed by atoms with Crippen molar-refractivity contribution >= 4 is 5.95 Å². The SMILES string of the molecule is Cc1cn(C2CCCC2)c(N2C[C@@H]3CCCN[C@@H]3C2)n1. The highest BCUT2D eigenvalue weighted by atomic mass is 15.3. The van der Waals surface area contributed by atoms with Crippen molar-refractivity contribution in [2.45, 2.75) is 57.5 Å². The van der Waals surface area contributed by atoms with Gasteiger partial charge in [0.05, 0.1) is 5.69 Å². The number of aromatic nitrogens is 2. The Hall–Kier alpha value is -1.03. The Morgan fingerprint density at radius 2 is 2.00 bits per heavy atom. The molecule has 1 N–H and O–H groups in total. The number of piperidine rings is 1. The van der Waals surface area contributed by atoms with Gasteiger partial charge in [-0.1, -0.05) is 12.8 Å². The summed E-state index contributed by atoms with van der Waals surface area (Å²) < 4.78 is 2.49. The fourth-order valence-corrected chi connectivity index (χ4v) is 4.40. The van der Waals surface area contributed by atoms with Gasteiger partial charge in [0, 0.05) is 31.4 Å². The third-order valence-electron chi connectivity index (χ3n) is 5.43. The molecule has 1 aromatic rings. The number of nitrogens with one attached hydrogen (secondary N) is 1. The Labute approximate surface area is 121 Å². The van der Waals surface area contributed by atoms with Gasteiger partial charge >= 0.3 is 0 Å². The number of anilines is 1. The molecule has 4 nitrogen and oxygen atoms in total. The van der Waals surface area contributed by atoms with Crippen molar-refractivity contribution in [2.75, 3.05) is 24.5 Å². The first-order chi connectivity index (χ1) is 9.81. The molecule has 1 saturated carbocycles. The molecule has 20 heavy (non-hydrogen) atoms. The Morgan fingerprint density at radius 1 is 1.15 bits per heavy atom. The largest absolute Gasteiger partial charge is 0.340 e. The van der Waals surface area contributed by atoms with Crippen molar-refractivity contribution in [3.05, 3.63) is 11.9 Å². The van der Waals surface area contributed by atoms with E-state index in [4.69, 9.17) is 4.98 Å². The lowest BCUT2D eigenvalue weighted by molar-refractivity contribution is 0.340. The first-order valence-corrected chi connectivity index (χ1v) is 8.35. The molecule has 3 heterocycles. The zero-order chi connectivity index (χ0) is 13.5. The van der Waals surface area contributed by atoms with Gasteiger partial charge in [0.25, 0.3) is 0 Å². The molecule has 3 fully saturated rings. The van der Waals surface area contributed by atoms with Crippen molar-refractivity contribution < 1.29 is 0 Å². The van der Waals surface area contributed by atoms with Gasteiger partial charge in [-0.3, -0.25) is 0 Å². The molecule has 0 radical (unpaired) electrons. The molecule has 4 heteroatoms. The van der Waals surface area contributed by atoms with E-state index >= 15 is 0 Å². The minimum absolute atomic E-state index is 0.692. The van der Waals surface area contributed by atoms with Gasteiger partial charge in [0.15, 0.2) is 0 Å². The van der Waals surface area contributed by atoms with Gasteiger partial charge in [0.2, 0.25) is 5.95 Å². The highest BCUT2D eigenvalue weighted by Crippen LogP contribution is 2.35. The van der Waals surface area contributed by atoms with E-state index in [1.54, 1.807) is 0 Å². The van der Waals surface area contributed by atoms with Crippen LogP contribution < -0.4 is 10.2 Å². The zero-order valence-corrected chi connectivity index (χ0v) is 12.5. The monoisotopic (exact) mass is 274 g/mol. The molecule has 1 aliphatic carbocycles. The van der Waals surface area contributed by atoms with Gasteiger partial charge in [-0.15, -0.1) is 0 Å². The molecule has 4 rings (SSSR count). The number of imidazole rings is 1. The van der Waals surface area contributed by atoms with E-state index in [9.17, 15) is 0 Å². The minimum Gasteiger partial charge on any atom is -0.340 e. The van der Waals surface area contributed by atoms with Crippen molar-refractivity contribution in [1.82, 2.24) is 14.9 Å². The lowest BCUT2D eigenvalue weighted by Crippen LogP contribution is -2.40. The fraction of sp³-hybridized carbons (Fsp3) is 0.812. The third kappa shape index (κ3) is 2.14. The molecule has 2 aliphatic heterocycles.